The van der Waals surface area contributed by atoms with Gasteiger partial charge in [-0.3, -0.25) is 20.2 Å². The van der Waals surface area contributed by atoms with Gasteiger partial charge in [-0.25, -0.2) is 4.79 Å². The molecule has 136 valence electrons. The van der Waals surface area contributed by atoms with E-state index in [1.54, 1.807) is 6.07 Å². The van der Waals surface area contributed by atoms with Crippen molar-refractivity contribution in [1.29, 1.82) is 0 Å². The van der Waals surface area contributed by atoms with Gasteiger partial charge in [0.1, 0.15) is 0 Å². The predicted molar refractivity (Wildman–Crippen MR) is 101 cm³/mol. The Kier molecular flexibility index (Phi) is 7.00. The maximum Gasteiger partial charge on any atom is 0.419 e. The first-order valence-electron chi connectivity index (χ1n) is 8.38. The van der Waals surface area contributed by atoms with Gasteiger partial charge < -0.3 is 9.73 Å². The Hall–Kier alpha value is -2.35. The van der Waals surface area contributed by atoms with Gasteiger partial charge in [-0.1, -0.05) is 26.0 Å². The van der Waals surface area contributed by atoms with Crippen LogP contribution in [0.2, 0.25) is 0 Å². The molecule has 0 unspecified atom stereocenters. The number of carbonyl (C=O) groups is 1. The van der Waals surface area contributed by atoms with Crippen molar-refractivity contribution in [3.63, 3.8) is 0 Å². The van der Waals surface area contributed by atoms with E-state index < -0.39 is 5.76 Å². The third-order valence-electron chi connectivity index (χ3n) is 3.68. The lowest BCUT2D eigenvalue weighted by Gasteiger charge is -2.12. The first-order valence-corrected chi connectivity index (χ1v) is 8.79. The molecule has 8 heteroatoms. The van der Waals surface area contributed by atoms with Gasteiger partial charge in [-0.2, -0.15) is 0 Å². The molecule has 0 atom stereocenters. The number of nitrogens with one attached hydrogen (secondary N) is 3. The van der Waals surface area contributed by atoms with Gasteiger partial charge in [0.25, 0.3) is 0 Å². The molecule has 0 aliphatic rings. The number of fused-ring (bicyclic) bond motifs is 1. The molecule has 1 heterocycles. The van der Waals surface area contributed by atoms with Gasteiger partial charge in [0.15, 0.2) is 10.7 Å². The Morgan fingerprint density at radius 3 is 2.80 bits per heavy atom. The Labute approximate surface area is 151 Å². The number of nitrogens with zero attached hydrogens (tertiary/aromatic N) is 1. The fourth-order valence-corrected chi connectivity index (χ4v) is 2.48. The van der Waals surface area contributed by atoms with Crippen LogP contribution < -0.4 is 21.9 Å². The summed E-state index contributed by atoms with van der Waals surface area (Å²) in [5.74, 6) is -0.00331. The Balaban J connectivity index is 1.71. The van der Waals surface area contributed by atoms with Crippen molar-refractivity contribution in [2.24, 2.45) is 5.92 Å². The van der Waals surface area contributed by atoms with Crippen molar-refractivity contribution in [2.45, 2.75) is 39.7 Å². The van der Waals surface area contributed by atoms with E-state index in [0.717, 1.165) is 18.5 Å². The fraction of sp³-hybridized carbons (Fsp3) is 0.471. The molecule has 0 aliphatic carbocycles. The van der Waals surface area contributed by atoms with Crippen LogP contribution in [0.3, 0.4) is 0 Å². The molecule has 0 fully saturated rings. The number of carbonyl (C=O) groups excluding carboxylic acids is 1. The highest BCUT2D eigenvalue weighted by Gasteiger charge is 2.09. The van der Waals surface area contributed by atoms with Crippen LogP contribution in [0.25, 0.3) is 11.1 Å². The first kappa shape index (κ1) is 19.0. The standard InChI is InChI=1S/C17H24N4O3S/c1-12(2)9-10-18-16(25)20-19-15(22)8-5-11-21-13-6-3-4-7-14(13)24-17(21)23/h3-4,6-7,12H,5,8-11H2,1-2H3,(H,19,22)(H2,18,20,25). The lowest BCUT2D eigenvalue weighted by Crippen LogP contribution is -2.47. The molecule has 1 aromatic heterocycles. The largest absolute Gasteiger partial charge is 0.419 e. The van der Waals surface area contributed by atoms with E-state index in [1.807, 2.05) is 18.2 Å². The second-order valence-electron chi connectivity index (χ2n) is 6.20. The average molecular weight is 364 g/mol. The van der Waals surface area contributed by atoms with Crippen LogP contribution in [-0.2, 0) is 11.3 Å². The van der Waals surface area contributed by atoms with Crippen molar-refractivity contribution in [3.05, 3.63) is 34.8 Å². The number of aromatic nitrogens is 1. The van der Waals surface area contributed by atoms with Crippen molar-refractivity contribution >= 4 is 34.3 Å². The second kappa shape index (κ2) is 9.22. The molecule has 0 saturated carbocycles. The zero-order valence-corrected chi connectivity index (χ0v) is 15.3. The summed E-state index contributed by atoms with van der Waals surface area (Å²) < 4.78 is 6.69. The van der Waals surface area contributed by atoms with E-state index >= 15 is 0 Å². The molecule has 0 radical (unpaired) electrons. The summed E-state index contributed by atoms with van der Waals surface area (Å²) in [5, 5.41) is 3.42. The van der Waals surface area contributed by atoms with Crippen LogP contribution in [0, 0.1) is 5.92 Å². The molecular formula is C17H24N4O3S. The highest BCUT2D eigenvalue weighted by atomic mass is 32.1. The molecule has 0 saturated heterocycles. The van der Waals surface area contributed by atoms with Gasteiger partial charge in [0.05, 0.1) is 5.52 Å². The molecule has 3 N–H and O–H groups in total. The van der Waals surface area contributed by atoms with Crippen LogP contribution in [0.1, 0.15) is 33.1 Å². The average Bonchev–Trinajstić information content (AvgIpc) is 2.88. The van der Waals surface area contributed by atoms with Crippen LogP contribution >= 0.6 is 12.2 Å². The molecule has 1 amide bonds. The Morgan fingerprint density at radius 1 is 1.28 bits per heavy atom. The maximum absolute atomic E-state index is 11.8. The van der Waals surface area contributed by atoms with E-state index in [0.29, 0.717) is 29.6 Å². The minimum absolute atomic E-state index is 0.186. The third-order valence-corrected chi connectivity index (χ3v) is 3.93. The summed E-state index contributed by atoms with van der Waals surface area (Å²) in [6, 6.07) is 7.23. The number of aryl methyl sites for hydroxylation is 1. The quantitative estimate of drug-likeness (QED) is 0.514. The zero-order chi connectivity index (χ0) is 18.2. The van der Waals surface area contributed by atoms with Gasteiger partial charge >= 0.3 is 5.76 Å². The third kappa shape index (κ3) is 5.90. The maximum atomic E-state index is 11.8. The number of benzene rings is 1. The van der Waals surface area contributed by atoms with E-state index in [9.17, 15) is 9.59 Å². The summed E-state index contributed by atoms with van der Waals surface area (Å²) >= 11 is 5.08. The minimum Gasteiger partial charge on any atom is -0.408 e. The van der Waals surface area contributed by atoms with Crippen molar-refractivity contribution in [3.8, 4) is 0 Å². The summed E-state index contributed by atoms with van der Waals surface area (Å²) in [5.41, 5.74) is 6.51. The van der Waals surface area contributed by atoms with Crippen LogP contribution in [-0.4, -0.2) is 22.1 Å². The first-order chi connectivity index (χ1) is 12.0. The zero-order valence-electron chi connectivity index (χ0n) is 14.5. The Bertz CT molecular complexity index is 782. The number of hydrogen-bond donors (Lipinski definition) is 3. The summed E-state index contributed by atoms with van der Waals surface area (Å²) in [6.45, 7) is 5.44. The molecule has 0 bridgehead atoms. The SMILES string of the molecule is CC(C)CCNC(=S)NNC(=O)CCCn1c(=O)oc2ccccc21. The second-order valence-corrected chi connectivity index (χ2v) is 6.61. The summed E-state index contributed by atoms with van der Waals surface area (Å²) in [7, 11) is 0. The number of hydrogen-bond acceptors (Lipinski definition) is 4. The van der Waals surface area contributed by atoms with Gasteiger partial charge in [0.2, 0.25) is 5.91 Å². The number of oxazole rings is 1. The Morgan fingerprint density at radius 2 is 2.04 bits per heavy atom. The molecule has 7 nitrogen and oxygen atoms in total. The monoisotopic (exact) mass is 364 g/mol. The van der Waals surface area contributed by atoms with Crippen molar-refractivity contribution in [1.82, 2.24) is 20.7 Å². The van der Waals surface area contributed by atoms with Gasteiger partial charge in [0, 0.05) is 19.5 Å². The van der Waals surface area contributed by atoms with Crippen LogP contribution in [0.15, 0.2) is 33.5 Å². The highest BCUT2D eigenvalue weighted by Crippen LogP contribution is 2.12. The van der Waals surface area contributed by atoms with E-state index in [4.69, 9.17) is 16.6 Å². The molecule has 25 heavy (non-hydrogen) atoms. The summed E-state index contributed by atoms with van der Waals surface area (Å²) in [4.78, 5) is 23.7. The van der Waals surface area contributed by atoms with Crippen molar-refractivity contribution < 1.29 is 9.21 Å². The topological polar surface area (TPSA) is 88.3 Å². The number of hydrazine groups is 1. The number of para-hydroxylation sites is 2. The fourth-order valence-electron chi connectivity index (χ4n) is 2.33. The lowest BCUT2D eigenvalue weighted by atomic mass is 10.1. The van der Waals surface area contributed by atoms with Crippen LogP contribution in [0.4, 0.5) is 0 Å². The van der Waals surface area contributed by atoms with Crippen molar-refractivity contribution in [2.75, 3.05) is 6.54 Å². The van der Waals surface area contributed by atoms with E-state index in [1.165, 1.54) is 4.57 Å². The normalized spacial score (nSPS) is 10.8. The molecule has 0 aliphatic heterocycles. The van der Waals surface area contributed by atoms with Gasteiger partial charge in [-0.05, 0) is 43.1 Å². The molecule has 2 aromatic rings. The molecule has 2 rings (SSSR count). The lowest BCUT2D eigenvalue weighted by molar-refractivity contribution is -0.121. The number of amides is 1. The molecule has 0 spiro atoms. The summed E-state index contributed by atoms with van der Waals surface area (Å²) in [6.07, 6.45) is 1.79. The predicted octanol–water partition coefficient (Wildman–Crippen LogP) is 1.92. The number of thiocarbonyl (C=S) groups is 1. The van der Waals surface area contributed by atoms with E-state index in [-0.39, 0.29) is 12.3 Å². The number of rotatable bonds is 7. The molecular weight excluding hydrogens is 340 g/mol. The van der Waals surface area contributed by atoms with Crippen LogP contribution in [0.5, 0.6) is 0 Å². The smallest absolute Gasteiger partial charge is 0.408 e. The highest BCUT2D eigenvalue weighted by molar-refractivity contribution is 7.80. The van der Waals surface area contributed by atoms with Gasteiger partial charge in [-0.15, -0.1) is 0 Å². The molecule has 1 aromatic carbocycles. The minimum atomic E-state index is -0.407. The van der Waals surface area contributed by atoms with E-state index in [2.05, 4.69) is 30.0 Å².